The number of alkyl carbamates (subject to hydrolysis) is 1. The molecule has 4 amide bonds. The molecule has 2 aromatic heterocycles. The number of urea groups is 1. The minimum Gasteiger partial charge on any atom is -0.790 e. The summed E-state index contributed by atoms with van der Waals surface area (Å²) in [5.74, 6) is -0.465. The van der Waals surface area contributed by atoms with E-state index in [1.54, 1.807) is 18.8 Å². The summed E-state index contributed by atoms with van der Waals surface area (Å²) in [6, 6.07) is 16.1. The molecule has 3 N–H and O–H groups in total. The summed E-state index contributed by atoms with van der Waals surface area (Å²) in [4.78, 5) is 74.2. The molecule has 20 heteroatoms. The zero-order valence-corrected chi connectivity index (χ0v) is 41.2. The second kappa shape index (κ2) is 27.0. The Labute approximate surface area is 398 Å². The van der Waals surface area contributed by atoms with Gasteiger partial charge in [-0.15, -0.1) is 22.7 Å². The Morgan fingerprint density at radius 2 is 1.53 bits per heavy atom. The van der Waals surface area contributed by atoms with E-state index in [9.17, 15) is 28.7 Å². The van der Waals surface area contributed by atoms with Crippen molar-refractivity contribution in [1.82, 2.24) is 30.8 Å². The molecule has 4 atom stereocenters. The van der Waals surface area contributed by atoms with Gasteiger partial charge in [0.25, 0.3) is 0 Å². The molecule has 4 rings (SSSR count). The van der Waals surface area contributed by atoms with Crippen LogP contribution in [0.25, 0.3) is 0 Å². The summed E-state index contributed by atoms with van der Waals surface area (Å²) in [6.45, 7) is 7.16. The van der Waals surface area contributed by atoms with Crippen molar-refractivity contribution >= 4 is 48.5 Å². The van der Waals surface area contributed by atoms with E-state index < -0.39 is 56.7 Å². The van der Waals surface area contributed by atoms with Gasteiger partial charge in [0.05, 0.1) is 60.8 Å². The third kappa shape index (κ3) is 19.6. The van der Waals surface area contributed by atoms with E-state index >= 15 is 0 Å². The maximum absolute atomic E-state index is 14.2. The number of hydrogen-bond acceptors (Lipinski definition) is 13. The van der Waals surface area contributed by atoms with E-state index in [0.29, 0.717) is 6.42 Å². The smallest absolute Gasteiger partial charge is 0.790 e. The van der Waals surface area contributed by atoms with E-state index in [1.165, 1.54) is 27.6 Å². The zero-order chi connectivity index (χ0) is 41.4. The van der Waals surface area contributed by atoms with Crippen molar-refractivity contribution < 1.29 is 102 Å². The Morgan fingerprint density at radius 3 is 2.08 bits per heavy atom. The number of ether oxygens (including phenoxy) is 2. The summed E-state index contributed by atoms with van der Waals surface area (Å²) < 4.78 is 27.4. The predicted octanol–water partition coefficient (Wildman–Crippen LogP) is -1.22. The van der Waals surface area contributed by atoms with Gasteiger partial charge in [0.1, 0.15) is 12.6 Å². The number of nitrogens with zero attached hydrogens (tertiary/aromatic N) is 3. The molecule has 0 unspecified atom stereocenters. The molecular weight excluding hydrogens is 838 g/mol. The Hall–Kier alpha value is -2.22. The number of nitrogens with one attached hydrogen (secondary N) is 3. The van der Waals surface area contributed by atoms with Gasteiger partial charge in [-0.1, -0.05) is 88.4 Å². The molecule has 2 heterocycles. The molecule has 4 aromatic rings. The Morgan fingerprint density at radius 1 is 0.881 bits per heavy atom. The number of rotatable bonds is 22. The van der Waals surface area contributed by atoms with E-state index in [-0.39, 0.29) is 104 Å². The fourth-order valence-corrected chi connectivity index (χ4v) is 7.53. The number of aromatic nitrogens is 2. The molecule has 0 fully saturated rings. The summed E-state index contributed by atoms with van der Waals surface area (Å²) in [7, 11) is -3.64. The van der Waals surface area contributed by atoms with Crippen LogP contribution in [0.4, 0.5) is 9.59 Å². The molecule has 0 aliphatic heterocycles. The molecular formula is C39H51N6Na2O9PS2. The van der Waals surface area contributed by atoms with Crippen molar-refractivity contribution in [3.8, 4) is 0 Å². The van der Waals surface area contributed by atoms with E-state index in [2.05, 4.69) is 44.3 Å². The largest absolute Gasteiger partial charge is 1.00 e. The minimum absolute atomic E-state index is 0. The van der Waals surface area contributed by atoms with Gasteiger partial charge >= 0.3 is 71.2 Å². The Balaban J connectivity index is 0.00000600. The zero-order valence-electron chi connectivity index (χ0n) is 34.7. The molecule has 310 valence electrons. The van der Waals surface area contributed by atoms with E-state index in [1.807, 2.05) is 79.9 Å². The predicted molar refractivity (Wildman–Crippen MR) is 214 cm³/mol. The van der Waals surface area contributed by atoms with Crippen LogP contribution in [0.15, 0.2) is 77.8 Å². The average molecular weight is 889 g/mol. The van der Waals surface area contributed by atoms with Crippen molar-refractivity contribution in [3.63, 3.8) is 0 Å². The summed E-state index contributed by atoms with van der Waals surface area (Å²) in [5, 5.41) is 11.8. The SMILES string of the molecule is CC(C)c1nc(CN(C)C(=O)N[C@H](C(=O)N[C@@H](Cc2ccccc2)C[C@H](OCCOP(=O)([O-])[O-])[C@H](Cc2ccccc2)NC(=O)OCc2cncs2)C(C)C)cs1.[Na+].[Na+]. The van der Waals surface area contributed by atoms with Gasteiger partial charge < -0.3 is 49.2 Å². The van der Waals surface area contributed by atoms with Crippen LogP contribution >= 0.6 is 30.5 Å². The fourth-order valence-electron chi connectivity index (χ4n) is 5.90. The van der Waals surface area contributed by atoms with E-state index in [4.69, 9.17) is 9.47 Å². The van der Waals surface area contributed by atoms with E-state index in [0.717, 1.165) is 26.7 Å². The number of hydrogen-bond donors (Lipinski definition) is 3. The van der Waals surface area contributed by atoms with Crippen LogP contribution in [0.3, 0.4) is 0 Å². The van der Waals surface area contributed by atoms with Crippen molar-refractivity contribution in [3.05, 3.63) is 104 Å². The average Bonchev–Trinajstić information content (AvgIpc) is 3.87. The van der Waals surface area contributed by atoms with Gasteiger partial charge in [0.2, 0.25) is 5.91 Å². The van der Waals surface area contributed by atoms with Gasteiger partial charge in [0, 0.05) is 30.6 Å². The molecule has 0 saturated carbocycles. The van der Waals surface area contributed by atoms with Crippen LogP contribution in [0, 0.1) is 5.92 Å². The third-order valence-corrected chi connectivity index (χ3v) is 11.2. The van der Waals surface area contributed by atoms with Crippen LogP contribution in [0.1, 0.15) is 66.7 Å². The van der Waals surface area contributed by atoms with Gasteiger partial charge in [-0.05, 0) is 36.3 Å². The maximum atomic E-state index is 14.2. The first kappa shape index (κ1) is 52.9. The quantitative estimate of drug-likeness (QED) is 0.0485. The molecule has 2 aromatic carbocycles. The number of thiazole rings is 2. The molecule has 0 spiro atoms. The summed E-state index contributed by atoms with van der Waals surface area (Å²) in [5.41, 5.74) is 4.13. The monoisotopic (exact) mass is 888 g/mol. The normalized spacial score (nSPS) is 13.3. The molecule has 0 saturated heterocycles. The van der Waals surface area contributed by atoms with Gasteiger partial charge in [-0.25, -0.2) is 14.6 Å². The minimum atomic E-state index is -5.29. The van der Waals surface area contributed by atoms with Crippen molar-refractivity contribution in [1.29, 1.82) is 0 Å². The molecule has 0 radical (unpaired) electrons. The molecule has 0 aliphatic carbocycles. The first-order chi connectivity index (χ1) is 27.2. The van der Waals surface area contributed by atoms with Crippen LogP contribution in [-0.4, -0.2) is 77.4 Å². The van der Waals surface area contributed by atoms with Crippen molar-refractivity contribution in [2.24, 2.45) is 5.92 Å². The number of benzene rings is 2. The number of phosphoric acid groups is 1. The van der Waals surface area contributed by atoms with Crippen LogP contribution in [0.5, 0.6) is 0 Å². The van der Waals surface area contributed by atoms with Crippen molar-refractivity contribution in [2.75, 3.05) is 20.3 Å². The Bertz CT molecular complexity index is 1870. The van der Waals surface area contributed by atoms with Crippen molar-refractivity contribution in [2.45, 2.75) is 90.3 Å². The number of carbonyl (C=O) groups excluding carboxylic acids is 3. The molecule has 59 heavy (non-hydrogen) atoms. The van der Waals surface area contributed by atoms with Crippen LogP contribution in [-0.2, 0) is 49.4 Å². The van der Waals surface area contributed by atoms with Gasteiger partial charge in [-0.2, -0.15) is 0 Å². The van der Waals surface area contributed by atoms with Gasteiger partial charge in [0.15, 0.2) is 0 Å². The molecule has 15 nitrogen and oxygen atoms in total. The van der Waals surface area contributed by atoms with Gasteiger partial charge in [-0.3, -0.25) is 9.78 Å². The summed E-state index contributed by atoms with van der Waals surface area (Å²) in [6.07, 6.45) is 0.717. The number of phosphoric ester groups is 1. The third-order valence-electron chi connectivity index (χ3n) is 8.77. The second-order valence-electron chi connectivity index (χ2n) is 14.2. The number of carbonyl (C=O) groups is 3. The standard InChI is InChI=1S/C39H53N6O9PS2.2Na/c1-26(2)35(44-38(47)45(5)22-31-24-56-37(42-31)27(3)4)36(46)41-30(18-28-12-8-6-9-13-28)20-34(52-16-17-54-55(49,50)51)33(19-29-14-10-7-11-15-29)43-39(48)53-23-32-21-40-25-57-32;;/h6-15,21,24-27,30,33-35H,16-20,22-23H2,1-5H3,(H,41,46)(H,43,48)(H,44,47)(H2,49,50,51);;/q;2*+1/p-2/t30-,33-,34-,35-;;/m0../s1. The van der Waals surface area contributed by atoms with Crippen LogP contribution in [0.2, 0.25) is 0 Å². The topological polar surface area (TPSA) is 207 Å². The first-order valence-electron chi connectivity index (χ1n) is 18.6. The summed E-state index contributed by atoms with van der Waals surface area (Å²) >= 11 is 2.87. The maximum Gasteiger partial charge on any atom is 1.00 e. The molecule has 0 bridgehead atoms. The first-order valence-corrected chi connectivity index (χ1v) is 21.8. The second-order valence-corrected chi connectivity index (χ2v) is 17.2. The van der Waals surface area contributed by atoms with Crippen LogP contribution < -0.4 is 84.9 Å². The number of amides is 4. The Kier molecular flexibility index (Phi) is 24.2. The molecule has 0 aliphatic rings. The fraction of sp³-hybridized carbons (Fsp3) is 0.462.